The van der Waals surface area contributed by atoms with Crippen LogP contribution in [-0.4, -0.2) is 37.2 Å². The Morgan fingerprint density at radius 1 is 0.317 bits per heavy atom. The number of hydrogen-bond acceptors (Lipinski definition) is 6. The minimum atomic E-state index is -0.762. The summed E-state index contributed by atoms with van der Waals surface area (Å²) in [6, 6.07) is 0. The molecular weight excluding hydrogens is 745 g/mol. The number of carbonyl (C=O) groups excluding carboxylic acids is 3. The molecule has 0 amide bonds. The zero-order valence-electron chi connectivity index (χ0n) is 41.1. The molecule has 0 bridgehead atoms. The van der Waals surface area contributed by atoms with E-state index in [1.165, 1.54) is 186 Å². The summed E-state index contributed by atoms with van der Waals surface area (Å²) in [5.41, 5.74) is 0. The molecule has 0 saturated heterocycles. The molecule has 0 unspecified atom stereocenters. The van der Waals surface area contributed by atoms with E-state index in [-0.39, 0.29) is 31.1 Å². The highest BCUT2D eigenvalue weighted by atomic mass is 16.6. The predicted molar refractivity (Wildman–Crippen MR) is 256 cm³/mol. The second-order valence-corrected chi connectivity index (χ2v) is 19.5. The summed E-state index contributed by atoms with van der Waals surface area (Å²) in [5.74, 6) is 0.777. The van der Waals surface area contributed by atoms with Crippen molar-refractivity contribution in [2.24, 2.45) is 11.8 Å². The minimum Gasteiger partial charge on any atom is -0.462 e. The van der Waals surface area contributed by atoms with Gasteiger partial charge >= 0.3 is 17.9 Å². The fourth-order valence-corrected chi connectivity index (χ4v) is 8.17. The lowest BCUT2D eigenvalue weighted by atomic mass is 10.0. The van der Waals surface area contributed by atoms with Crippen molar-refractivity contribution in [3.63, 3.8) is 0 Å². The maximum atomic E-state index is 12.8. The Kier molecular flexibility index (Phi) is 45.7. The van der Waals surface area contributed by atoms with Gasteiger partial charge in [-0.3, -0.25) is 14.4 Å². The Labute approximate surface area is 374 Å². The van der Waals surface area contributed by atoms with Gasteiger partial charge in [0.1, 0.15) is 13.2 Å². The van der Waals surface area contributed by atoms with Crippen molar-refractivity contribution in [3.05, 3.63) is 0 Å². The third-order valence-corrected chi connectivity index (χ3v) is 12.2. The molecule has 6 nitrogen and oxygen atoms in total. The van der Waals surface area contributed by atoms with Crippen LogP contribution in [0, 0.1) is 11.8 Å². The molecule has 0 aromatic carbocycles. The average molecular weight is 849 g/mol. The maximum absolute atomic E-state index is 12.8. The Hall–Kier alpha value is -1.59. The topological polar surface area (TPSA) is 78.9 Å². The summed E-state index contributed by atoms with van der Waals surface area (Å²) in [6.45, 7) is 11.4. The van der Waals surface area contributed by atoms with E-state index < -0.39 is 6.10 Å². The van der Waals surface area contributed by atoms with Crippen LogP contribution < -0.4 is 0 Å². The lowest BCUT2D eigenvalue weighted by Crippen LogP contribution is -2.30. The van der Waals surface area contributed by atoms with E-state index in [0.717, 1.165) is 69.6 Å². The summed E-state index contributed by atoms with van der Waals surface area (Å²) in [5, 5.41) is 0. The molecule has 0 spiro atoms. The van der Waals surface area contributed by atoms with E-state index in [1.807, 2.05) is 0 Å². The zero-order chi connectivity index (χ0) is 44.0. The Bertz CT molecular complexity index is 916. The predicted octanol–water partition coefficient (Wildman–Crippen LogP) is 17.3. The summed E-state index contributed by atoms with van der Waals surface area (Å²) < 4.78 is 16.8. The van der Waals surface area contributed by atoms with Crippen LogP contribution in [0.1, 0.15) is 298 Å². The molecule has 1 atom stereocenters. The Morgan fingerprint density at radius 2 is 0.550 bits per heavy atom. The zero-order valence-corrected chi connectivity index (χ0v) is 41.1. The molecule has 0 N–H and O–H groups in total. The van der Waals surface area contributed by atoms with Gasteiger partial charge in [0.25, 0.3) is 0 Å². The number of ether oxygens (including phenoxy) is 3. The molecule has 0 aliphatic carbocycles. The quantitative estimate of drug-likeness (QED) is 0.0345. The van der Waals surface area contributed by atoms with E-state index >= 15 is 0 Å². The third kappa shape index (κ3) is 47.5. The highest BCUT2D eigenvalue weighted by Crippen LogP contribution is 2.17. The molecule has 0 aliphatic rings. The first kappa shape index (κ1) is 58.4. The second-order valence-electron chi connectivity index (χ2n) is 19.5. The Balaban J connectivity index is 4.29. The molecule has 0 radical (unpaired) electrons. The van der Waals surface area contributed by atoms with E-state index in [2.05, 4.69) is 34.6 Å². The normalized spacial score (nSPS) is 12.1. The van der Waals surface area contributed by atoms with Gasteiger partial charge in [-0.05, 0) is 31.1 Å². The number of esters is 3. The van der Waals surface area contributed by atoms with Crippen molar-refractivity contribution in [1.82, 2.24) is 0 Å². The fraction of sp³-hybridized carbons (Fsp3) is 0.944. The van der Waals surface area contributed by atoms with E-state index in [0.29, 0.717) is 19.3 Å². The number of hydrogen-bond donors (Lipinski definition) is 0. The van der Waals surface area contributed by atoms with E-state index in [9.17, 15) is 14.4 Å². The van der Waals surface area contributed by atoms with Crippen LogP contribution in [0.3, 0.4) is 0 Å². The number of carbonyl (C=O) groups is 3. The molecular formula is C54H104O6. The highest BCUT2D eigenvalue weighted by molar-refractivity contribution is 5.71. The van der Waals surface area contributed by atoms with Crippen LogP contribution in [0.2, 0.25) is 0 Å². The van der Waals surface area contributed by atoms with Crippen molar-refractivity contribution < 1.29 is 28.6 Å². The SMILES string of the molecule is CCCCCCCCCCCCCCCCCCCC(=O)OC[C@@H](COC(=O)CCCCCCCCCCCC(C)C)OC(=O)CCCCCCCCCCCCC(C)C. The van der Waals surface area contributed by atoms with Gasteiger partial charge in [-0.2, -0.15) is 0 Å². The van der Waals surface area contributed by atoms with Gasteiger partial charge in [-0.1, -0.05) is 259 Å². The van der Waals surface area contributed by atoms with E-state index in [1.54, 1.807) is 0 Å². The third-order valence-electron chi connectivity index (χ3n) is 12.2. The van der Waals surface area contributed by atoms with Gasteiger partial charge in [0.2, 0.25) is 0 Å². The monoisotopic (exact) mass is 849 g/mol. The lowest BCUT2D eigenvalue weighted by Gasteiger charge is -2.18. The summed E-state index contributed by atoms with van der Waals surface area (Å²) >= 11 is 0. The highest BCUT2D eigenvalue weighted by Gasteiger charge is 2.19. The van der Waals surface area contributed by atoms with Crippen molar-refractivity contribution >= 4 is 17.9 Å². The number of unbranched alkanes of at least 4 members (excludes halogenated alkanes) is 33. The van der Waals surface area contributed by atoms with E-state index in [4.69, 9.17) is 14.2 Å². The first-order chi connectivity index (χ1) is 29.2. The molecule has 0 heterocycles. The van der Waals surface area contributed by atoms with Crippen LogP contribution in [-0.2, 0) is 28.6 Å². The second kappa shape index (κ2) is 46.9. The van der Waals surface area contributed by atoms with Gasteiger partial charge in [0.05, 0.1) is 0 Å². The molecule has 356 valence electrons. The molecule has 0 aromatic rings. The van der Waals surface area contributed by atoms with Crippen LogP contribution >= 0.6 is 0 Å². The van der Waals surface area contributed by atoms with Crippen LogP contribution in [0.15, 0.2) is 0 Å². The average Bonchev–Trinajstić information content (AvgIpc) is 3.22. The molecule has 0 aromatic heterocycles. The first-order valence-electron chi connectivity index (χ1n) is 26.7. The Morgan fingerprint density at radius 3 is 0.817 bits per heavy atom. The van der Waals surface area contributed by atoms with Crippen LogP contribution in [0.4, 0.5) is 0 Å². The van der Waals surface area contributed by atoms with Gasteiger partial charge < -0.3 is 14.2 Å². The number of rotatable bonds is 48. The van der Waals surface area contributed by atoms with Crippen molar-refractivity contribution in [3.8, 4) is 0 Å². The van der Waals surface area contributed by atoms with Crippen molar-refractivity contribution in [1.29, 1.82) is 0 Å². The summed E-state index contributed by atoms with van der Waals surface area (Å²) in [4.78, 5) is 38.0. The molecule has 0 rings (SSSR count). The molecule has 0 aliphatic heterocycles. The molecule has 60 heavy (non-hydrogen) atoms. The molecule has 6 heteroatoms. The maximum Gasteiger partial charge on any atom is 0.306 e. The van der Waals surface area contributed by atoms with Gasteiger partial charge in [0, 0.05) is 19.3 Å². The fourth-order valence-electron chi connectivity index (χ4n) is 8.17. The lowest BCUT2D eigenvalue weighted by molar-refractivity contribution is -0.167. The minimum absolute atomic E-state index is 0.0637. The largest absolute Gasteiger partial charge is 0.462 e. The first-order valence-corrected chi connectivity index (χ1v) is 26.7. The van der Waals surface area contributed by atoms with Gasteiger partial charge in [-0.15, -0.1) is 0 Å². The van der Waals surface area contributed by atoms with Crippen molar-refractivity contribution in [2.75, 3.05) is 13.2 Å². The molecule has 0 fully saturated rings. The van der Waals surface area contributed by atoms with Gasteiger partial charge in [0.15, 0.2) is 6.10 Å². The summed E-state index contributed by atoms with van der Waals surface area (Å²) in [6.07, 6.45) is 48.1. The standard InChI is InChI=1S/C54H104O6/c1-6-7-8-9-10-11-12-13-14-15-16-17-18-24-29-34-39-44-52(55)58-47-51(48-59-53(56)45-40-35-30-26-21-23-28-33-38-43-50(4)5)60-54(57)46-41-36-31-25-20-19-22-27-32-37-42-49(2)3/h49-51H,6-48H2,1-5H3/t51-/m0/s1. The smallest absolute Gasteiger partial charge is 0.306 e. The van der Waals surface area contributed by atoms with Crippen LogP contribution in [0.25, 0.3) is 0 Å². The molecule has 0 saturated carbocycles. The summed E-state index contributed by atoms with van der Waals surface area (Å²) in [7, 11) is 0. The van der Waals surface area contributed by atoms with Crippen LogP contribution in [0.5, 0.6) is 0 Å². The van der Waals surface area contributed by atoms with Gasteiger partial charge in [-0.25, -0.2) is 0 Å². The van der Waals surface area contributed by atoms with Crippen molar-refractivity contribution in [2.45, 2.75) is 304 Å².